The molecule has 1 aromatic rings. The van der Waals surface area contributed by atoms with Crippen LogP contribution in [-0.2, 0) is 30.2 Å². The van der Waals surface area contributed by atoms with Gasteiger partial charge in [-0.2, -0.15) is 0 Å². The van der Waals surface area contributed by atoms with Crippen LogP contribution in [0.15, 0.2) is 24.0 Å². The van der Waals surface area contributed by atoms with Gasteiger partial charge in [-0.3, -0.25) is 9.69 Å². The summed E-state index contributed by atoms with van der Waals surface area (Å²) in [5.41, 5.74) is -1.99. The highest BCUT2D eigenvalue weighted by Crippen LogP contribution is 2.55. The Labute approximate surface area is 233 Å². The second-order valence-electron chi connectivity index (χ2n) is 11.6. The lowest BCUT2D eigenvalue weighted by molar-refractivity contribution is -0.178. The summed E-state index contributed by atoms with van der Waals surface area (Å²) >= 11 is 0. The molecule has 1 fully saturated rings. The van der Waals surface area contributed by atoms with Crippen molar-refractivity contribution in [3.63, 3.8) is 0 Å². The van der Waals surface area contributed by atoms with Gasteiger partial charge >= 0.3 is 11.9 Å². The maximum absolute atomic E-state index is 13.8. The molecular weight excluding hydrogens is 522 g/mol. The van der Waals surface area contributed by atoms with Crippen molar-refractivity contribution in [2.24, 2.45) is 0 Å². The van der Waals surface area contributed by atoms with E-state index >= 15 is 0 Å². The predicted octanol–water partition coefficient (Wildman–Crippen LogP) is 1.55. The Hall–Kier alpha value is -2.86. The number of ether oxygens (including phenoxy) is 5. The molecule has 0 bridgehead atoms. The Bertz CT molecular complexity index is 1180. The van der Waals surface area contributed by atoms with Crippen molar-refractivity contribution in [1.82, 2.24) is 4.90 Å². The van der Waals surface area contributed by atoms with Gasteiger partial charge in [0.05, 0.1) is 44.3 Å². The summed E-state index contributed by atoms with van der Waals surface area (Å²) in [6.07, 6.45) is 3.27. The van der Waals surface area contributed by atoms with E-state index in [9.17, 15) is 24.9 Å². The molecule has 5 atom stereocenters. The molecular formula is C29H39NO10. The van der Waals surface area contributed by atoms with Gasteiger partial charge in [-0.1, -0.05) is 0 Å². The Morgan fingerprint density at radius 3 is 2.60 bits per heavy atom. The van der Waals surface area contributed by atoms with Gasteiger partial charge in [-0.15, -0.1) is 0 Å². The molecule has 0 saturated carbocycles. The normalized spacial score (nSPS) is 27.8. The highest BCUT2D eigenvalue weighted by atomic mass is 16.7. The number of fused-ring (bicyclic) bond motifs is 3. The van der Waals surface area contributed by atoms with Crippen molar-refractivity contribution in [3.05, 3.63) is 35.1 Å². The molecule has 11 nitrogen and oxygen atoms in total. The summed E-state index contributed by atoms with van der Waals surface area (Å²) in [5.74, 6) is -0.268. The lowest BCUT2D eigenvalue weighted by Crippen LogP contribution is -2.49. The summed E-state index contributed by atoms with van der Waals surface area (Å²) in [6, 6.07) is 3.97. The maximum Gasteiger partial charge on any atom is 0.339 e. The molecule has 4 aliphatic rings. The van der Waals surface area contributed by atoms with E-state index < -0.39 is 47.8 Å². The van der Waals surface area contributed by atoms with Gasteiger partial charge in [0.2, 0.25) is 6.79 Å². The van der Waals surface area contributed by atoms with E-state index in [4.69, 9.17) is 23.7 Å². The summed E-state index contributed by atoms with van der Waals surface area (Å²) < 4.78 is 28.0. The molecule has 11 heteroatoms. The highest BCUT2D eigenvalue weighted by Gasteiger charge is 2.59. The van der Waals surface area contributed by atoms with Gasteiger partial charge in [0.15, 0.2) is 23.2 Å². The van der Waals surface area contributed by atoms with E-state index in [0.29, 0.717) is 17.3 Å². The summed E-state index contributed by atoms with van der Waals surface area (Å²) in [7, 11) is 2.71. The van der Waals surface area contributed by atoms with Crippen molar-refractivity contribution in [2.75, 3.05) is 40.7 Å². The monoisotopic (exact) mass is 561 g/mol. The molecule has 0 aromatic heterocycles. The fourth-order valence-corrected chi connectivity index (χ4v) is 6.73. The molecule has 0 amide bonds. The quantitative estimate of drug-likeness (QED) is 0.358. The third-order valence-electron chi connectivity index (χ3n) is 8.89. The predicted molar refractivity (Wildman–Crippen MR) is 141 cm³/mol. The number of hydrogen-bond acceptors (Lipinski definition) is 11. The van der Waals surface area contributed by atoms with Gasteiger partial charge in [0, 0.05) is 6.54 Å². The van der Waals surface area contributed by atoms with Gasteiger partial charge in [-0.05, 0) is 81.3 Å². The molecule has 5 rings (SSSR count). The first kappa shape index (κ1) is 28.7. The first-order chi connectivity index (χ1) is 19.1. The molecule has 1 spiro atoms. The Morgan fingerprint density at radius 1 is 1.15 bits per heavy atom. The third kappa shape index (κ3) is 5.04. The SMILES string of the molecule is COC(=O)C[C@](O)(CCC[C@](C)(O)CO)C(=O)O[C@@H]1C(OC)=C[C@]23CCCN2CCc2cc4c(cc2[C@H]13)OCO4. The van der Waals surface area contributed by atoms with Crippen LogP contribution in [0.1, 0.15) is 62.5 Å². The van der Waals surface area contributed by atoms with E-state index in [-0.39, 0.29) is 32.0 Å². The van der Waals surface area contributed by atoms with Crippen molar-refractivity contribution in [3.8, 4) is 11.5 Å². The molecule has 0 radical (unpaired) electrons. The fourth-order valence-electron chi connectivity index (χ4n) is 6.73. The number of carbonyl (C=O) groups is 2. The minimum atomic E-state index is -2.20. The highest BCUT2D eigenvalue weighted by molar-refractivity contribution is 5.86. The van der Waals surface area contributed by atoms with Crippen LogP contribution in [0.25, 0.3) is 0 Å². The average Bonchev–Trinajstić information content (AvgIpc) is 3.62. The zero-order valence-corrected chi connectivity index (χ0v) is 23.3. The lowest BCUT2D eigenvalue weighted by atomic mass is 9.77. The number of carbonyl (C=O) groups excluding carboxylic acids is 2. The molecule has 3 N–H and O–H groups in total. The molecule has 220 valence electrons. The number of methoxy groups -OCH3 is 2. The zero-order chi connectivity index (χ0) is 28.7. The second-order valence-corrected chi connectivity index (χ2v) is 11.6. The van der Waals surface area contributed by atoms with Crippen molar-refractivity contribution < 1.29 is 48.6 Å². The second kappa shape index (κ2) is 10.8. The van der Waals surface area contributed by atoms with Crippen LogP contribution >= 0.6 is 0 Å². The number of benzene rings is 1. The van der Waals surface area contributed by atoms with E-state index in [1.165, 1.54) is 21.1 Å². The maximum atomic E-state index is 13.8. The number of hydrogen-bond donors (Lipinski definition) is 3. The van der Waals surface area contributed by atoms with Crippen LogP contribution in [0.2, 0.25) is 0 Å². The van der Waals surface area contributed by atoms with Crippen LogP contribution in [0, 0.1) is 0 Å². The molecule has 1 aromatic carbocycles. The Kier molecular flexibility index (Phi) is 7.77. The number of aliphatic hydroxyl groups is 3. The van der Waals surface area contributed by atoms with E-state index in [1.54, 1.807) is 0 Å². The summed E-state index contributed by atoms with van der Waals surface area (Å²) in [4.78, 5) is 28.4. The zero-order valence-electron chi connectivity index (χ0n) is 23.3. The molecule has 40 heavy (non-hydrogen) atoms. The summed E-state index contributed by atoms with van der Waals surface area (Å²) in [6.45, 7) is 2.83. The number of esters is 2. The van der Waals surface area contributed by atoms with E-state index in [2.05, 4.69) is 11.0 Å². The Morgan fingerprint density at radius 2 is 1.90 bits per heavy atom. The van der Waals surface area contributed by atoms with Gasteiger partial charge in [0.25, 0.3) is 0 Å². The van der Waals surface area contributed by atoms with Gasteiger partial charge in [-0.25, -0.2) is 4.79 Å². The standard InChI is InChI=1S/C29H39NO10/c1-27(34,16-31)7-4-9-29(35,15-23(32)37-3)26(33)40-25-22(36-2)14-28-8-5-10-30(28)11-6-18-12-20-21(39-17-38-20)13-19(18)24(25)28/h12-14,24-25,31,34-35H,4-11,15-17H2,1-3H3/t24-,25-,27+,28+,29-/m1/s1. The smallest absolute Gasteiger partial charge is 0.339 e. The number of aliphatic hydroxyl groups excluding tert-OH is 1. The third-order valence-corrected chi connectivity index (χ3v) is 8.89. The van der Waals surface area contributed by atoms with E-state index in [1.807, 2.05) is 12.1 Å². The van der Waals surface area contributed by atoms with Crippen molar-refractivity contribution in [2.45, 2.75) is 80.6 Å². The minimum absolute atomic E-state index is 0.105. The number of rotatable bonds is 10. The van der Waals surface area contributed by atoms with Crippen LogP contribution < -0.4 is 9.47 Å². The van der Waals surface area contributed by atoms with E-state index in [0.717, 1.165) is 43.5 Å². The topological polar surface area (TPSA) is 144 Å². The molecule has 3 heterocycles. The van der Waals surface area contributed by atoms with Gasteiger partial charge in [0.1, 0.15) is 5.76 Å². The van der Waals surface area contributed by atoms with Crippen molar-refractivity contribution >= 4 is 11.9 Å². The molecule has 1 saturated heterocycles. The Balaban J connectivity index is 1.49. The molecule has 1 aliphatic carbocycles. The molecule has 0 unspecified atom stereocenters. The average molecular weight is 562 g/mol. The molecule has 3 aliphatic heterocycles. The fraction of sp³-hybridized carbons (Fsp3) is 0.655. The first-order valence-electron chi connectivity index (χ1n) is 13.8. The van der Waals surface area contributed by atoms with Crippen molar-refractivity contribution in [1.29, 1.82) is 0 Å². The largest absolute Gasteiger partial charge is 0.497 e. The number of nitrogens with zero attached hydrogens (tertiary/aromatic N) is 1. The van der Waals surface area contributed by atoms with Crippen LogP contribution in [-0.4, -0.2) is 95.7 Å². The lowest BCUT2D eigenvalue weighted by Gasteiger charge is -2.39. The summed E-state index contributed by atoms with van der Waals surface area (Å²) in [5, 5.41) is 31.1. The first-order valence-corrected chi connectivity index (χ1v) is 13.8. The minimum Gasteiger partial charge on any atom is -0.497 e. The van der Waals surface area contributed by atoms with Crippen LogP contribution in [0.3, 0.4) is 0 Å². The van der Waals surface area contributed by atoms with Gasteiger partial charge < -0.3 is 39.0 Å². The van der Waals surface area contributed by atoms with Crippen LogP contribution in [0.5, 0.6) is 11.5 Å². The van der Waals surface area contributed by atoms with Crippen LogP contribution in [0.4, 0.5) is 0 Å².